The number of rotatable bonds is 5. The maximum absolute atomic E-state index is 12.1. The summed E-state index contributed by atoms with van der Waals surface area (Å²) >= 11 is 0. The van der Waals surface area contributed by atoms with E-state index in [-0.39, 0.29) is 11.8 Å². The van der Waals surface area contributed by atoms with Gasteiger partial charge in [-0.1, -0.05) is 26.2 Å². The third-order valence-corrected chi connectivity index (χ3v) is 5.90. The Bertz CT molecular complexity index is 364. The van der Waals surface area contributed by atoms with E-state index in [1.54, 1.807) is 0 Å². The molecule has 112 valence electrons. The smallest absolute Gasteiger partial charge is 0.211 e. The lowest BCUT2D eigenvalue weighted by Gasteiger charge is -2.28. The molecule has 0 aromatic carbocycles. The zero-order chi connectivity index (χ0) is 13.7. The summed E-state index contributed by atoms with van der Waals surface area (Å²) < 4.78 is 27.1. The van der Waals surface area contributed by atoms with Crippen LogP contribution in [-0.4, -0.2) is 32.8 Å². The van der Waals surface area contributed by atoms with Crippen LogP contribution in [0.2, 0.25) is 0 Å². The average Bonchev–Trinajstić information content (AvgIpc) is 2.37. The standard InChI is InChI=1S/C14H28N2O2S/c1-12-5-4-7-14(11-12)16-19(17,18)10-8-13-6-2-3-9-15-13/h12-16H,2-11H2,1H3. The summed E-state index contributed by atoms with van der Waals surface area (Å²) in [5.74, 6) is 0.927. The predicted octanol–water partition coefficient (Wildman–Crippen LogP) is 2.02. The molecule has 1 aliphatic carbocycles. The van der Waals surface area contributed by atoms with Gasteiger partial charge in [-0.2, -0.15) is 0 Å². The van der Waals surface area contributed by atoms with Crippen LogP contribution in [0.4, 0.5) is 0 Å². The van der Waals surface area contributed by atoms with Gasteiger partial charge in [-0.05, 0) is 44.6 Å². The molecule has 2 fully saturated rings. The lowest BCUT2D eigenvalue weighted by atomic mass is 9.88. The molecule has 3 atom stereocenters. The monoisotopic (exact) mass is 288 g/mol. The number of hydrogen-bond acceptors (Lipinski definition) is 3. The highest BCUT2D eigenvalue weighted by Crippen LogP contribution is 2.24. The van der Waals surface area contributed by atoms with Crippen LogP contribution in [0.3, 0.4) is 0 Å². The van der Waals surface area contributed by atoms with Crippen molar-refractivity contribution in [1.29, 1.82) is 0 Å². The molecular weight excluding hydrogens is 260 g/mol. The minimum Gasteiger partial charge on any atom is -0.314 e. The molecule has 1 saturated heterocycles. The van der Waals surface area contributed by atoms with Crippen LogP contribution in [0.15, 0.2) is 0 Å². The molecule has 0 spiro atoms. The molecule has 0 aromatic rings. The van der Waals surface area contributed by atoms with Gasteiger partial charge in [0.25, 0.3) is 0 Å². The zero-order valence-corrected chi connectivity index (χ0v) is 12.8. The third kappa shape index (κ3) is 5.40. The Hall–Kier alpha value is -0.130. The molecule has 0 radical (unpaired) electrons. The fourth-order valence-electron chi connectivity index (χ4n) is 3.32. The molecule has 1 aliphatic heterocycles. The topological polar surface area (TPSA) is 58.2 Å². The van der Waals surface area contributed by atoms with Crippen LogP contribution in [-0.2, 0) is 10.0 Å². The minimum absolute atomic E-state index is 0.174. The van der Waals surface area contributed by atoms with Gasteiger partial charge in [-0.3, -0.25) is 0 Å². The van der Waals surface area contributed by atoms with E-state index in [9.17, 15) is 8.42 Å². The van der Waals surface area contributed by atoms with E-state index in [1.165, 1.54) is 19.3 Å². The van der Waals surface area contributed by atoms with E-state index in [2.05, 4.69) is 17.0 Å². The number of nitrogens with one attached hydrogen (secondary N) is 2. The molecule has 5 heteroatoms. The summed E-state index contributed by atoms with van der Waals surface area (Å²) in [6, 6.07) is 0.573. The van der Waals surface area contributed by atoms with Gasteiger partial charge >= 0.3 is 0 Å². The molecule has 19 heavy (non-hydrogen) atoms. The van der Waals surface area contributed by atoms with Gasteiger partial charge in [0.05, 0.1) is 5.75 Å². The van der Waals surface area contributed by atoms with Crippen molar-refractivity contribution in [2.24, 2.45) is 5.92 Å². The van der Waals surface area contributed by atoms with Crippen LogP contribution >= 0.6 is 0 Å². The summed E-state index contributed by atoms with van der Waals surface area (Å²) in [6.07, 6.45) is 8.72. The Morgan fingerprint density at radius 1 is 1.16 bits per heavy atom. The Morgan fingerprint density at radius 2 is 2.00 bits per heavy atom. The maximum atomic E-state index is 12.1. The van der Waals surface area contributed by atoms with E-state index in [0.717, 1.165) is 38.6 Å². The Balaban J connectivity index is 1.74. The van der Waals surface area contributed by atoms with Crippen LogP contribution in [0.1, 0.15) is 58.3 Å². The van der Waals surface area contributed by atoms with Gasteiger partial charge in [0, 0.05) is 12.1 Å². The predicted molar refractivity (Wildman–Crippen MR) is 78.6 cm³/mol. The van der Waals surface area contributed by atoms with Crippen molar-refractivity contribution in [3.05, 3.63) is 0 Å². The largest absolute Gasteiger partial charge is 0.314 e. The molecule has 3 unspecified atom stereocenters. The van der Waals surface area contributed by atoms with E-state index < -0.39 is 10.0 Å². The Morgan fingerprint density at radius 3 is 2.68 bits per heavy atom. The Labute approximate surface area is 117 Å². The molecular formula is C14H28N2O2S. The van der Waals surface area contributed by atoms with Gasteiger partial charge in [-0.15, -0.1) is 0 Å². The van der Waals surface area contributed by atoms with E-state index in [1.807, 2.05) is 0 Å². The van der Waals surface area contributed by atoms with Gasteiger partial charge in [0.1, 0.15) is 0 Å². The quantitative estimate of drug-likeness (QED) is 0.813. The highest BCUT2D eigenvalue weighted by molar-refractivity contribution is 7.89. The fourth-order valence-corrected chi connectivity index (χ4v) is 4.76. The van der Waals surface area contributed by atoms with Crippen molar-refractivity contribution in [2.45, 2.75) is 70.4 Å². The van der Waals surface area contributed by atoms with Gasteiger partial charge in [-0.25, -0.2) is 13.1 Å². The second-order valence-electron chi connectivity index (χ2n) is 6.34. The van der Waals surface area contributed by atoms with E-state index >= 15 is 0 Å². The van der Waals surface area contributed by atoms with Crippen LogP contribution in [0.25, 0.3) is 0 Å². The lowest BCUT2D eigenvalue weighted by Crippen LogP contribution is -2.41. The molecule has 0 aromatic heterocycles. The molecule has 1 saturated carbocycles. The Kier molecular flexibility index (Phi) is 5.66. The minimum atomic E-state index is -3.09. The summed E-state index contributed by atoms with van der Waals surface area (Å²) in [5, 5.41) is 3.41. The molecule has 2 rings (SSSR count). The van der Waals surface area contributed by atoms with Gasteiger partial charge in [0.2, 0.25) is 10.0 Å². The van der Waals surface area contributed by atoms with Crippen LogP contribution < -0.4 is 10.0 Å². The number of piperidine rings is 1. The van der Waals surface area contributed by atoms with E-state index in [0.29, 0.717) is 12.0 Å². The first-order valence-corrected chi connectivity index (χ1v) is 9.44. The highest BCUT2D eigenvalue weighted by atomic mass is 32.2. The van der Waals surface area contributed by atoms with Crippen molar-refractivity contribution in [3.63, 3.8) is 0 Å². The first-order valence-electron chi connectivity index (χ1n) is 7.78. The second-order valence-corrected chi connectivity index (χ2v) is 8.21. The van der Waals surface area contributed by atoms with Crippen molar-refractivity contribution in [1.82, 2.24) is 10.0 Å². The first-order chi connectivity index (χ1) is 9.05. The number of sulfonamides is 1. The summed E-state index contributed by atoms with van der Waals surface area (Å²) in [6.45, 7) is 3.25. The molecule has 1 heterocycles. The highest BCUT2D eigenvalue weighted by Gasteiger charge is 2.24. The third-order valence-electron chi connectivity index (χ3n) is 4.43. The summed E-state index contributed by atoms with van der Waals surface area (Å²) in [7, 11) is -3.09. The zero-order valence-electron chi connectivity index (χ0n) is 12.0. The van der Waals surface area contributed by atoms with Crippen molar-refractivity contribution in [3.8, 4) is 0 Å². The molecule has 4 nitrogen and oxygen atoms in total. The van der Waals surface area contributed by atoms with E-state index in [4.69, 9.17) is 0 Å². The molecule has 0 bridgehead atoms. The molecule has 0 amide bonds. The second kappa shape index (κ2) is 7.04. The normalized spacial score (nSPS) is 33.2. The van der Waals surface area contributed by atoms with Crippen LogP contribution in [0, 0.1) is 5.92 Å². The van der Waals surface area contributed by atoms with Gasteiger partial charge in [0.15, 0.2) is 0 Å². The SMILES string of the molecule is CC1CCCC(NS(=O)(=O)CCC2CCCCN2)C1. The van der Waals surface area contributed by atoms with Crippen molar-refractivity contribution < 1.29 is 8.42 Å². The van der Waals surface area contributed by atoms with Crippen molar-refractivity contribution >= 4 is 10.0 Å². The van der Waals surface area contributed by atoms with Gasteiger partial charge < -0.3 is 5.32 Å². The molecule has 2 N–H and O–H groups in total. The summed E-state index contributed by atoms with van der Waals surface area (Å²) in [5.41, 5.74) is 0. The van der Waals surface area contributed by atoms with Crippen LogP contribution in [0.5, 0.6) is 0 Å². The fraction of sp³-hybridized carbons (Fsp3) is 1.00. The first kappa shape index (κ1) is 15.3. The average molecular weight is 288 g/mol. The lowest BCUT2D eigenvalue weighted by molar-refractivity contribution is 0.327. The molecule has 2 aliphatic rings. The number of hydrogen-bond donors (Lipinski definition) is 2. The van der Waals surface area contributed by atoms with Crippen molar-refractivity contribution in [2.75, 3.05) is 12.3 Å². The maximum Gasteiger partial charge on any atom is 0.211 e. The summed E-state index contributed by atoms with van der Waals surface area (Å²) in [4.78, 5) is 0.